The Hall–Kier alpha value is -3.55. The van der Waals surface area contributed by atoms with Crippen LogP contribution in [0.15, 0.2) is 36.4 Å². The first kappa shape index (κ1) is 24.5. The van der Waals surface area contributed by atoms with Crippen molar-refractivity contribution in [2.24, 2.45) is 0 Å². The number of fused-ring (bicyclic) bond motifs is 6. The van der Waals surface area contributed by atoms with Crippen molar-refractivity contribution in [3.8, 4) is 11.5 Å². The standard InChI is InChI=1S/C31H36N4O4/c1-2-30-11-4-3-5-19-6-8-26-21(15-19)23(17-31(39-26)12-13-31)33-28(37)20-7-9-25-22(16-20)24(10-14-38-25)35(27(36)18-30)29(32)34-30/h6-9,15-16,23-24H,2-5,10-14,17-18H2,1H3,(H2,32,34)(H,33,37)/t23-,24+,30+/m0/s1. The summed E-state index contributed by atoms with van der Waals surface area (Å²) >= 11 is 0. The predicted molar refractivity (Wildman–Crippen MR) is 146 cm³/mol. The Kier molecular flexibility index (Phi) is 5.65. The summed E-state index contributed by atoms with van der Waals surface area (Å²) in [5, 5.41) is 15.6. The summed E-state index contributed by atoms with van der Waals surface area (Å²) in [5.74, 6) is 1.52. The van der Waals surface area contributed by atoms with Gasteiger partial charge in [0.25, 0.3) is 5.91 Å². The Morgan fingerprint density at radius 3 is 2.69 bits per heavy atom. The van der Waals surface area contributed by atoms with Crippen molar-refractivity contribution in [1.82, 2.24) is 15.5 Å². The van der Waals surface area contributed by atoms with Crippen LogP contribution < -0.4 is 20.1 Å². The van der Waals surface area contributed by atoms with E-state index in [9.17, 15) is 9.59 Å². The average Bonchev–Trinajstić information content (AvgIpc) is 3.68. The molecule has 1 aliphatic carbocycles. The summed E-state index contributed by atoms with van der Waals surface area (Å²) in [6, 6.07) is 11.4. The molecule has 8 rings (SSSR count). The van der Waals surface area contributed by atoms with Crippen molar-refractivity contribution in [3.63, 3.8) is 0 Å². The van der Waals surface area contributed by atoms with Crippen molar-refractivity contribution in [3.05, 3.63) is 58.7 Å². The highest BCUT2D eigenvalue weighted by atomic mass is 16.5. The quantitative estimate of drug-likeness (QED) is 0.487. The lowest BCUT2D eigenvalue weighted by molar-refractivity contribution is -0.133. The SMILES string of the molecule is CC[C@]12CCCCc3ccc4c(c3)[C@H](CC3(CC3)O4)NC(=O)c3ccc4c(c3)[C@@H](CCO4)N(C(=N)N1)C(=O)C2. The van der Waals surface area contributed by atoms with Gasteiger partial charge < -0.3 is 20.1 Å². The lowest BCUT2D eigenvalue weighted by Gasteiger charge is -2.46. The van der Waals surface area contributed by atoms with Crippen molar-refractivity contribution >= 4 is 17.8 Å². The van der Waals surface area contributed by atoms with Crippen LogP contribution >= 0.6 is 0 Å². The third kappa shape index (κ3) is 4.24. The molecule has 8 nitrogen and oxygen atoms in total. The monoisotopic (exact) mass is 528 g/mol. The van der Waals surface area contributed by atoms with Crippen LogP contribution in [-0.2, 0) is 11.2 Å². The Bertz CT molecular complexity index is 1350. The van der Waals surface area contributed by atoms with E-state index in [4.69, 9.17) is 14.9 Å². The van der Waals surface area contributed by atoms with E-state index in [0.717, 1.165) is 68.2 Å². The lowest BCUT2D eigenvalue weighted by atomic mass is 9.83. The summed E-state index contributed by atoms with van der Waals surface area (Å²) < 4.78 is 12.3. The molecule has 2 amide bonds. The van der Waals surface area contributed by atoms with E-state index in [0.29, 0.717) is 30.8 Å². The van der Waals surface area contributed by atoms with Crippen LogP contribution in [-0.4, -0.2) is 40.4 Å². The highest BCUT2D eigenvalue weighted by molar-refractivity contribution is 6.00. The van der Waals surface area contributed by atoms with Crippen LogP contribution in [0.25, 0.3) is 0 Å². The maximum Gasteiger partial charge on any atom is 0.251 e. The second-order valence-corrected chi connectivity index (χ2v) is 12.0. The predicted octanol–water partition coefficient (Wildman–Crippen LogP) is 4.93. The van der Waals surface area contributed by atoms with E-state index in [2.05, 4.69) is 35.8 Å². The Morgan fingerprint density at radius 2 is 1.90 bits per heavy atom. The molecule has 6 bridgehead atoms. The number of nitrogens with one attached hydrogen (secondary N) is 3. The number of amides is 2. The minimum absolute atomic E-state index is 0.0356. The lowest BCUT2D eigenvalue weighted by Crippen LogP contribution is -2.63. The number of nitrogens with zero attached hydrogens (tertiary/aromatic N) is 1. The first-order valence-corrected chi connectivity index (χ1v) is 14.5. The summed E-state index contributed by atoms with van der Waals surface area (Å²) in [6.45, 7) is 2.56. The molecule has 0 aromatic heterocycles. The number of ether oxygens (including phenoxy) is 2. The topological polar surface area (TPSA) is 104 Å². The fraction of sp³-hybridized carbons (Fsp3) is 0.516. The molecule has 39 heavy (non-hydrogen) atoms. The average molecular weight is 529 g/mol. The molecule has 1 saturated carbocycles. The van der Waals surface area contributed by atoms with Gasteiger partial charge in [0, 0.05) is 35.1 Å². The third-order valence-electron chi connectivity index (χ3n) is 9.49. The Labute approximate surface area is 228 Å². The first-order chi connectivity index (χ1) is 18.9. The van der Waals surface area contributed by atoms with Crippen LogP contribution in [0.2, 0.25) is 0 Å². The van der Waals surface area contributed by atoms with E-state index in [-0.39, 0.29) is 35.5 Å². The molecular formula is C31H36N4O4. The van der Waals surface area contributed by atoms with E-state index in [1.54, 1.807) is 11.0 Å². The summed E-state index contributed by atoms with van der Waals surface area (Å²) in [5.41, 5.74) is 3.05. The fourth-order valence-electron chi connectivity index (χ4n) is 7.00. The van der Waals surface area contributed by atoms with E-state index < -0.39 is 5.54 Å². The van der Waals surface area contributed by atoms with E-state index >= 15 is 0 Å². The molecule has 0 radical (unpaired) electrons. The van der Waals surface area contributed by atoms with E-state index in [1.165, 1.54) is 5.56 Å². The van der Waals surface area contributed by atoms with Gasteiger partial charge in [0.15, 0.2) is 5.96 Å². The zero-order chi connectivity index (χ0) is 26.8. The number of carbonyl (C=O) groups is 2. The number of rotatable bonds is 1. The molecule has 204 valence electrons. The number of hydrogen-bond acceptors (Lipinski definition) is 5. The maximum absolute atomic E-state index is 13.7. The largest absolute Gasteiger partial charge is 0.493 e. The zero-order valence-corrected chi connectivity index (χ0v) is 22.5. The smallest absolute Gasteiger partial charge is 0.251 e. The molecule has 5 aliphatic heterocycles. The maximum atomic E-state index is 13.7. The van der Waals surface area contributed by atoms with Crippen molar-refractivity contribution < 1.29 is 19.1 Å². The Morgan fingerprint density at radius 1 is 1.05 bits per heavy atom. The molecule has 3 N–H and O–H groups in total. The minimum atomic E-state index is -0.404. The van der Waals surface area contributed by atoms with Crippen molar-refractivity contribution in [1.29, 1.82) is 5.41 Å². The van der Waals surface area contributed by atoms with Gasteiger partial charge in [-0.3, -0.25) is 19.9 Å². The van der Waals surface area contributed by atoms with Gasteiger partial charge in [-0.1, -0.05) is 25.5 Å². The molecule has 3 atom stereocenters. The molecule has 2 aromatic rings. The molecule has 2 fully saturated rings. The second-order valence-electron chi connectivity index (χ2n) is 12.0. The van der Waals surface area contributed by atoms with Crippen LogP contribution in [0.5, 0.6) is 11.5 Å². The number of guanidine groups is 1. The molecule has 2 aromatic carbocycles. The first-order valence-electron chi connectivity index (χ1n) is 14.5. The summed E-state index contributed by atoms with van der Waals surface area (Å²) in [7, 11) is 0. The van der Waals surface area contributed by atoms with Gasteiger partial charge >= 0.3 is 0 Å². The molecule has 1 spiro atoms. The molecule has 0 unspecified atom stereocenters. The van der Waals surface area contributed by atoms with Crippen molar-refractivity contribution in [2.45, 2.75) is 94.4 Å². The highest BCUT2D eigenvalue weighted by Gasteiger charge is 2.51. The second kappa shape index (κ2) is 9.00. The number of hydrogen-bond donors (Lipinski definition) is 3. The number of carbonyl (C=O) groups excluding carboxylic acids is 2. The van der Waals surface area contributed by atoms with Crippen LogP contribution in [0, 0.1) is 5.41 Å². The number of benzene rings is 2. The fourth-order valence-corrected chi connectivity index (χ4v) is 7.00. The zero-order valence-electron chi connectivity index (χ0n) is 22.5. The van der Waals surface area contributed by atoms with Gasteiger partial charge in [-0.15, -0.1) is 0 Å². The molecular weight excluding hydrogens is 492 g/mol. The third-order valence-corrected chi connectivity index (χ3v) is 9.49. The molecule has 6 aliphatic rings. The normalized spacial score (nSPS) is 28.9. The van der Waals surface area contributed by atoms with Gasteiger partial charge in [0.2, 0.25) is 5.91 Å². The van der Waals surface area contributed by atoms with Crippen LogP contribution in [0.1, 0.15) is 104 Å². The minimum Gasteiger partial charge on any atom is -0.493 e. The Balaban J connectivity index is 1.29. The van der Waals surface area contributed by atoms with E-state index in [1.807, 2.05) is 12.1 Å². The van der Waals surface area contributed by atoms with Gasteiger partial charge in [-0.05, 0) is 68.4 Å². The van der Waals surface area contributed by atoms with Crippen LogP contribution in [0.3, 0.4) is 0 Å². The van der Waals surface area contributed by atoms with Gasteiger partial charge in [-0.25, -0.2) is 0 Å². The van der Waals surface area contributed by atoms with Gasteiger partial charge in [-0.2, -0.15) is 0 Å². The van der Waals surface area contributed by atoms with Crippen LogP contribution in [0.4, 0.5) is 0 Å². The van der Waals surface area contributed by atoms with Gasteiger partial charge in [0.1, 0.15) is 17.1 Å². The summed E-state index contributed by atoms with van der Waals surface area (Å²) in [6.07, 6.45) is 8.23. The number of aryl methyl sites for hydroxylation is 1. The molecule has 5 heterocycles. The van der Waals surface area contributed by atoms with Gasteiger partial charge in [0.05, 0.1) is 25.1 Å². The highest BCUT2D eigenvalue weighted by Crippen LogP contribution is 2.52. The summed E-state index contributed by atoms with van der Waals surface area (Å²) in [4.78, 5) is 28.9. The molecule has 8 heteroatoms. The molecule has 1 saturated heterocycles. The van der Waals surface area contributed by atoms with Crippen molar-refractivity contribution in [2.75, 3.05) is 6.61 Å².